The molecule has 0 fully saturated rings. The molecule has 0 aliphatic carbocycles. The van der Waals surface area contributed by atoms with E-state index in [-0.39, 0.29) is 5.91 Å². The molecule has 190 valence electrons. The first-order valence-electron chi connectivity index (χ1n) is 11.7. The maximum Gasteiger partial charge on any atom is 0.341 e. The van der Waals surface area contributed by atoms with Crippen LogP contribution in [0.5, 0.6) is 5.75 Å². The highest BCUT2D eigenvalue weighted by Gasteiger charge is 2.25. The van der Waals surface area contributed by atoms with Gasteiger partial charge in [0.1, 0.15) is 16.3 Å². The Hall–Kier alpha value is -4.01. The number of anilines is 1. The molecule has 0 aliphatic heterocycles. The maximum absolute atomic E-state index is 13.9. The number of esters is 1. The lowest BCUT2D eigenvalue weighted by atomic mass is 9.97. The van der Waals surface area contributed by atoms with Crippen LogP contribution in [-0.2, 0) is 4.74 Å². The van der Waals surface area contributed by atoms with Crippen molar-refractivity contribution >= 4 is 55.0 Å². The molecule has 0 aliphatic rings. The largest absolute Gasteiger partial charge is 0.497 e. The van der Waals surface area contributed by atoms with Gasteiger partial charge in [0, 0.05) is 26.4 Å². The van der Waals surface area contributed by atoms with E-state index in [0.717, 1.165) is 32.3 Å². The van der Waals surface area contributed by atoms with Crippen LogP contribution in [0.3, 0.4) is 0 Å². The Morgan fingerprint density at radius 1 is 0.895 bits per heavy atom. The van der Waals surface area contributed by atoms with Gasteiger partial charge >= 0.3 is 5.97 Å². The Kier molecular flexibility index (Phi) is 7.26. The molecule has 0 bridgehead atoms. The van der Waals surface area contributed by atoms with Crippen LogP contribution < -0.4 is 10.1 Å². The number of benzene rings is 3. The molecule has 5 rings (SSSR count). The molecule has 1 N–H and O–H groups in total. The summed E-state index contributed by atoms with van der Waals surface area (Å²) in [5, 5.41) is 6.00. The number of ether oxygens (including phenoxy) is 2. The Bertz CT molecular complexity index is 1660. The molecule has 6 nitrogen and oxygen atoms in total. The van der Waals surface area contributed by atoms with Crippen molar-refractivity contribution in [3.63, 3.8) is 0 Å². The van der Waals surface area contributed by atoms with E-state index >= 15 is 0 Å². The second kappa shape index (κ2) is 10.8. The number of hydrogen-bond acceptors (Lipinski definition) is 6. The molecule has 3 aromatic carbocycles. The van der Waals surface area contributed by atoms with Gasteiger partial charge < -0.3 is 14.8 Å². The van der Waals surface area contributed by atoms with Crippen LogP contribution in [0.1, 0.15) is 26.3 Å². The zero-order valence-electron chi connectivity index (χ0n) is 20.9. The van der Waals surface area contributed by atoms with Crippen LogP contribution in [0.25, 0.3) is 33.3 Å². The number of nitrogens with zero attached hydrogens (tertiary/aromatic N) is 1. The molecule has 8 heteroatoms. The van der Waals surface area contributed by atoms with E-state index in [1.54, 1.807) is 7.11 Å². The van der Waals surface area contributed by atoms with E-state index in [2.05, 4.69) is 21.2 Å². The standard InChI is InChI=1S/C30H23BrN2O4S/c1-17-25(22-6-4-5-7-24(22)32-27(17)19-10-14-21(36-2)15-11-19)28(34)33-29-26(30(35)37-3)23(16-38-29)18-8-12-20(31)13-9-18/h4-16H,1-3H3,(H,33,34). The van der Waals surface area contributed by atoms with E-state index < -0.39 is 5.97 Å². The van der Waals surface area contributed by atoms with E-state index in [9.17, 15) is 9.59 Å². The van der Waals surface area contributed by atoms with Gasteiger partial charge in [-0.2, -0.15) is 0 Å². The summed E-state index contributed by atoms with van der Waals surface area (Å²) < 4.78 is 11.3. The van der Waals surface area contributed by atoms with Crippen molar-refractivity contribution in [3.05, 3.63) is 99.3 Å². The minimum absolute atomic E-state index is 0.319. The lowest BCUT2D eigenvalue weighted by Gasteiger charge is -2.15. The molecule has 0 atom stereocenters. The summed E-state index contributed by atoms with van der Waals surface area (Å²) in [6.07, 6.45) is 0. The van der Waals surface area contributed by atoms with Gasteiger partial charge in [0.05, 0.1) is 31.0 Å². The van der Waals surface area contributed by atoms with Crippen LogP contribution in [0.4, 0.5) is 5.00 Å². The number of rotatable bonds is 6. The lowest BCUT2D eigenvalue weighted by Crippen LogP contribution is -2.17. The predicted octanol–water partition coefficient (Wildman–Crippen LogP) is 7.75. The fraction of sp³-hybridized carbons (Fsp3) is 0.100. The summed E-state index contributed by atoms with van der Waals surface area (Å²) in [6.45, 7) is 1.89. The molecule has 1 amide bonds. The number of thiophene rings is 1. The van der Waals surface area contributed by atoms with E-state index in [1.807, 2.05) is 85.1 Å². The van der Waals surface area contributed by atoms with Crippen LogP contribution in [-0.4, -0.2) is 31.1 Å². The summed E-state index contributed by atoms with van der Waals surface area (Å²) in [5.41, 5.74) is 5.35. The number of carbonyl (C=O) groups is 2. The van der Waals surface area contributed by atoms with Crippen LogP contribution in [0.2, 0.25) is 0 Å². The highest BCUT2D eigenvalue weighted by atomic mass is 79.9. The molecule has 0 saturated carbocycles. The van der Waals surface area contributed by atoms with Gasteiger partial charge in [-0.15, -0.1) is 11.3 Å². The monoisotopic (exact) mass is 586 g/mol. The second-order valence-electron chi connectivity index (χ2n) is 8.51. The van der Waals surface area contributed by atoms with Gasteiger partial charge in [-0.25, -0.2) is 9.78 Å². The van der Waals surface area contributed by atoms with Gasteiger partial charge in [0.15, 0.2) is 0 Å². The van der Waals surface area contributed by atoms with Crippen molar-refractivity contribution in [2.75, 3.05) is 19.5 Å². The third-order valence-corrected chi connectivity index (χ3v) is 7.71. The van der Waals surface area contributed by atoms with Crippen molar-refractivity contribution in [1.29, 1.82) is 0 Å². The van der Waals surface area contributed by atoms with Gasteiger partial charge in [-0.1, -0.05) is 46.3 Å². The first-order chi connectivity index (χ1) is 18.4. The van der Waals surface area contributed by atoms with Crippen molar-refractivity contribution in [3.8, 4) is 28.1 Å². The molecule has 2 heterocycles. The van der Waals surface area contributed by atoms with Gasteiger partial charge in [0.2, 0.25) is 0 Å². The minimum atomic E-state index is -0.519. The lowest BCUT2D eigenvalue weighted by molar-refractivity contribution is 0.0603. The highest BCUT2D eigenvalue weighted by Crippen LogP contribution is 2.38. The number of nitrogens with one attached hydrogen (secondary N) is 1. The van der Waals surface area contributed by atoms with Crippen LogP contribution in [0, 0.1) is 6.92 Å². The number of fused-ring (bicyclic) bond motifs is 1. The number of carbonyl (C=O) groups excluding carboxylic acids is 2. The number of halogens is 1. The van der Waals surface area contributed by atoms with Crippen LogP contribution in [0.15, 0.2) is 82.6 Å². The number of para-hydroxylation sites is 1. The minimum Gasteiger partial charge on any atom is -0.497 e. The molecular formula is C30H23BrN2O4S. The number of pyridine rings is 1. The molecule has 0 spiro atoms. The normalized spacial score (nSPS) is 10.8. The second-order valence-corrected chi connectivity index (χ2v) is 10.3. The molecular weight excluding hydrogens is 564 g/mol. The van der Waals surface area contributed by atoms with Crippen LogP contribution >= 0.6 is 27.3 Å². The van der Waals surface area contributed by atoms with E-state index in [0.29, 0.717) is 32.9 Å². The average molecular weight is 587 g/mol. The molecule has 5 aromatic rings. The quantitative estimate of drug-likeness (QED) is 0.206. The van der Waals surface area contributed by atoms with Gasteiger partial charge in [0.25, 0.3) is 5.91 Å². The molecule has 38 heavy (non-hydrogen) atoms. The molecule has 0 unspecified atom stereocenters. The van der Waals surface area contributed by atoms with Crippen molar-refractivity contribution < 1.29 is 19.1 Å². The Morgan fingerprint density at radius 2 is 1.58 bits per heavy atom. The summed E-state index contributed by atoms with van der Waals surface area (Å²) in [6, 6.07) is 22.7. The summed E-state index contributed by atoms with van der Waals surface area (Å²) in [5.74, 6) is -0.111. The fourth-order valence-corrected chi connectivity index (χ4v) is 5.61. The molecule has 0 saturated heterocycles. The maximum atomic E-state index is 13.9. The van der Waals surface area contributed by atoms with Crippen molar-refractivity contribution in [1.82, 2.24) is 4.98 Å². The smallest absolute Gasteiger partial charge is 0.341 e. The third kappa shape index (κ3) is 4.80. The van der Waals surface area contributed by atoms with Crippen molar-refractivity contribution in [2.24, 2.45) is 0 Å². The van der Waals surface area contributed by atoms with Crippen molar-refractivity contribution in [2.45, 2.75) is 6.92 Å². The topological polar surface area (TPSA) is 77.5 Å². The number of hydrogen-bond donors (Lipinski definition) is 1. The zero-order chi connectivity index (χ0) is 26.8. The number of aromatic nitrogens is 1. The van der Waals surface area contributed by atoms with E-state index in [1.165, 1.54) is 18.4 Å². The predicted molar refractivity (Wildman–Crippen MR) is 155 cm³/mol. The average Bonchev–Trinajstić information content (AvgIpc) is 3.36. The van der Waals surface area contributed by atoms with Gasteiger partial charge in [-0.3, -0.25) is 4.79 Å². The highest BCUT2D eigenvalue weighted by molar-refractivity contribution is 9.10. The van der Waals surface area contributed by atoms with Gasteiger partial charge in [-0.05, 0) is 60.5 Å². The fourth-order valence-electron chi connectivity index (χ4n) is 4.39. The Labute approximate surface area is 232 Å². The number of methoxy groups -OCH3 is 2. The zero-order valence-corrected chi connectivity index (χ0v) is 23.3. The Balaban J connectivity index is 1.61. The summed E-state index contributed by atoms with van der Waals surface area (Å²) >= 11 is 4.73. The van der Waals surface area contributed by atoms with E-state index in [4.69, 9.17) is 14.5 Å². The summed E-state index contributed by atoms with van der Waals surface area (Å²) in [4.78, 5) is 31.6. The first kappa shape index (κ1) is 25.6. The molecule has 0 radical (unpaired) electrons. The third-order valence-electron chi connectivity index (χ3n) is 6.29. The number of amides is 1. The SMILES string of the molecule is COC(=O)c1c(-c2ccc(Br)cc2)csc1NC(=O)c1c(C)c(-c2ccc(OC)cc2)nc2ccccc12. The summed E-state index contributed by atoms with van der Waals surface area (Å²) in [7, 11) is 2.95. The Morgan fingerprint density at radius 3 is 2.26 bits per heavy atom. The first-order valence-corrected chi connectivity index (χ1v) is 13.4. The molecule has 2 aromatic heterocycles.